The predicted molar refractivity (Wildman–Crippen MR) is 102 cm³/mol. The number of aliphatic hydroxyl groups is 3. The van der Waals surface area contributed by atoms with Crippen LogP contribution in [0.25, 0.3) is 22.3 Å². The van der Waals surface area contributed by atoms with Crippen LogP contribution in [-0.2, 0) is 15.9 Å². The number of aliphatic carboxylic acids is 1. The highest BCUT2D eigenvalue weighted by Crippen LogP contribution is 2.57. The third kappa shape index (κ3) is 2.78. The van der Waals surface area contributed by atoms with Gasteiger partial charge in [0.25, 0.3) is 0 Å². The van der Waals surface area contributed by atoms with Crippen molar-refractivity contribution in [2.75, 3.05) is 13.2 Å². The quantitative estimate of drug-likeness (QED) is 0.442. The van der Waals surface area contributed by atoms with Crippen molar-refractivity contribution in [3.05, 3.63) is 65.7 Å². The Labute approximate surface area is 177 Å². The number of fused-ring (bicyclic) bond motifs is 3. The molecule has 0 fully saturated rings. The summed E-state index contributed by atoms with van der Waals surface area (Å²) in [5, 5.41) is 43.1. The van der Waals surface area contributed by atoms with Crippen LogP contribution in [0.5, 0.6) is 0 Å². The Morgan fingerprint density at radius 1 is 1.06 bits per heavy atom. The van der Waals surface area contributed by atoms with Crippen molar-refractivity contribution in [3.8, 4) is 22.3 Å². The van der Waals surface area contributed by atoms with Crippen molar-refractivity contribution in [1.82, 2.24) is 9.78 Å². The molecular weight excluding hydrogens is 436 g/mol. The molecule has 1 aromatic heterocycles. The standard InChI is InChI=1S/C21H16F4N2O5/c22-12-5-14(11-7-26-27(8-11)19(9-28,10-29)18(30)31)17-13-3-1-2-4-15(13)20(32,16(17)6-12)21(23,24)25/h1-8,28-29,32H,9-10H2,(H,30,31). The number of alkyl halides is 3. The topological polar surface area (TPSA) is 116 Å². The van der Waals surface area contributed by atoms with E-state index in [0.29, 0.717) is 6.07 Å². The van der Waals surface area contributed by atoms with Gasteiger partial charge in [-0.3, -0.25) is 0 Å². The molecule has 4 N–H and O–H groups in total. The molecule has 2 aromatic carbocycles. The highest BCUT2D eigenvalue weighted by atomic mass is 19.4. The number of hydrogen-bond donors (Lipinski definition) is 4. The van der Waals surface area contributed by atoms with E-state index in [1.54, 1.807) is 0 Å². The number of hydrogen-bond acceptors (Lipinski definition) is 5. The molecule has 3 aromatic rings. The molecule has 1 atom stereocenters. The van der Waals surface area contributed by atoms with Crippen molar-refractivity contribution >= 4 is 5.97 Å². The number of carboxylic acids is 1. The molecule has 168 valence electrons. The Balaban J connectivity index is 2.00. The van der Waals surface area contributed by atoms with Gasteiger partial charge in [0.2, 0.25) is 11.1 Å². The van der Waals surface area contributed by atoms with Crippen molar-refractivity contribution in [2.24, 2.45) is 0 Å². The van der Waals surface area contributed by atoms with Gasteiger partial charge in [0, 0.05) is 22.9 Å². The Morgan fingerprint density at radius 2 is 1.72 bits per heavy atom. The van der Waals surface area contributed by atoms with Crippen molar-refractivity contribution < 1.29 is 42.8 Å². The molecule has 32 heavy (non-hydrogen) atoms. The van der Waals surface area contributed by atoms with Crippen LogP contribution in [0.4, 0.5) is 17.6 Å². The number of benzene rings is 2. The molecule has 1 unspecified atom stereocenters. The van der Waals surface area contributed by atoms with Crippen LogP contribution in [0, 0.1) is 5.82 Å². The van der Waals surface area contributed by atoms with E-state index >= 15 is 0 Å². The lowest BCUT2D eigenvalue weighted by atomic mass is 9.89. The second-order valence-corrected chi connectivity index (χ2v) is 7.46. The van der Waals surface area contributed by atoms with E-state index in [4.69, 9.17) is 0 Å². The fourth-order valence-corrected chi connectivity index (χ4v) is 4.00. The van der Waals surface area contributed by atoms with Gasteiger partial charge in [0.1, 0.15) is 5.82 Å². The van der Waals surface area contributed by atoms with Gasteiger partial charge in [-0.05, 0) is 28.8 Å². The van der Waals surface area contributed by atoms with Crippen molar-refractivity contribution in [2.45, 2.75) is 17.3 Å². The smallest absolute Gasteiger partial charge is 0.425 e. The van der Waals surface area contributed by atoms with Gasteiger partial charge in [-0.15, -0.1) is 0 Å². The molecule has 1 aliphatic carbocycles. The van der Waals surface area contributed by atoms with E-state index < -0.39 is 53.4 Å². The summed E-state index contributed by atoms with van der Waals surface area (Å²) in [6.45, 7) is -2.06. The minimum Gasteiger partial charge on any atom is -0.479 e. The number of aromatic nitrogens is 2. The van der Waals surface area contributed by atoms with Gasteiger partial charge in [0.05, 0.1) is 19.4 Å². The van der Waals surface area contributed by atoms with Crippen molar-refractivity contribution in [3.63, 3.8) is 0 Å². The van der Waals surface area contributed by atoms with Gasteiger partial charge < -0.3 is 20.4 Å². The first-order chi connectivity index (χ1) is 15.0. The minimum absolute atomic E-state index is 0.0227. The molecule has 0 bridgehead atoms. The summed E-state index contributed by atoms with van der Waals surface area (Å²) in [6.07, 6.45) is -3.01. The van der Waals surface area contributed by atoms with Crippen LogP contribution in [0.15, 0.2) is 48.8 Å². The van der Waals surface area contributed by atoms with Crippen LogP contribution < -0.4 is 0 Å². The normalized spacial score (nSPS) is 17.8. The molecule has 0 amide bonds. The fraction of sp³-hybridized carbons (Fsp3) is 0.238. The molecule has 0 saturated carbocycles. The number of carbonyl (C=O) groups is 1. The van der Waals surface area contributed by atoms with E-state index in [1.165, 1.54) is 18.2 Å². The maximum Gasteiger partial charge on any atom is 0.425 e. The molecule has 0 aliphatic heterocycles. The zero-order valence-corrected chi connectivity index (χ0v) is 16.1. The molecule has 0 saturated heterocycles. The van der Waals surface area contributed by atoms with Gasteiger partial charge in [-0.2, -0.15) is 18.3 Å². The maximum absolute atomic E-state index is 14.5. The van der Waals surface area contributed by atoms with E-state index in [1.807, 2.05) is 0 Å². The zero-order chi connectivity index (χ0) is 23.5. The number of aliphatic hydroxyl groups excluding tert-OH is 2. The summed E-state index contributed by atoms with van der Waals surface area (Å²) in [4.78, 5) is 11.6. The second kappa shape index (κ2) is 7.12. The summed E-state index contributed by atoms with van der Waals surface area (Å²) in [6, 6.07) is 6.79. The molecule has 1 aliphatic rings. The molecule has 0 spiro atoms. The van der Waals surface area contributed by atoms with Crippen LogP contribution >= 0.6 is 0 Å². The SMILES string of the molecule is O=C(O)C(CO)(CO)n1cc(-c2cc(F)cc3c2-c2ccccc2C3(O)C(F)(F)F)cn1. The number of halogens is 4. The largest absolute Gasteiger partial charge is 0.479 e. The summed E-state index contributed by atoms with van der Waals surface area (Å²) in [5.41, 5.74) is -6.97. The maximum atomic E-state index is 14.5. The zero-order valence-electron chi connectivity index (χ0n) is 16.1. The second-order valence-electron chi connectivity index (χ2n) is 7.46. The Hall–Kier alpha value is -3.28. The van der Waals surface area contributed by atoms with Gasteiger partial charge in [-0.1, -0.05) is 24.3 Å². The monoisotopic (exact) mass is 452 g/mol. The summed E-state index contributed by atoms with van der Waals surface area (Å²) >= 11 is 0. The van der Waals surface area contributed by atoms with Crippen LogP contribution in [0.3, 0.4) is 0 Å². The highest BCUT2D eigenvalue weighted by molar-refractivity contribution is 5.92. The van der Waals surface area contributed by atoms with E-state index in [0.717, 1.165) is 29.2 Å². The summed E-state index contributed by atoms with van der Waals surface area (Å²) in [7, 11) is 0. The first-order valence-corrected chi connectivity index (χ1v) is 9.25. The average molecular weight is 452 g/mol. The average Bonchev–Trinajstić information content (AvgIpc) is 3.32. The molecule has 0 radical (unpaired) electrons. The lowest BCUT2D eigenvalue weighted by Gasteiger charge is -2.28. The van der Waals surface area contributed by atoms with E-state index in [9.17, 15) is 42.8 Å². The summed E-state index contributed by atoms with van der Waals surface area (Å²) < 4.78 is 57.2. The third-order valence-electron chi connectivity index (χ3n) is 5.74. The lowest BCUT2D eigenvalue weighted by Crippen LogP contribution is -2.48. The number of rotatable bonds is 5. The van der Waals surface area contributed by atoms with Crippen LogP contribution in [-0.4, -0.2) is 55.6 Å². The Bertz CT molecular complexity index is 1220. The van der Waals surface area contributed by atoms with Crippen LogP contribution in [0.2, 0.25) is 0 Å². The first kappa shape index (κ1) is 21.9. The third-order valence-corrected chi connectivity index (χ3v) is 5.74. The number of nitrogens with zero attached hydrogens (tertiary/aromatic N) is 2. The van der Waals surface area contributed by atoms with Gasteiger partial charge >= 0.3 is 12.1 Å². The predicted octanol–water partition coefficient (Wildman–Crippen LogP) is 2.23. The van der Waals surface area contributed by atoms with Gasteiger partial charge in [-0.25, -0.2) is 13.9 Å². The summed E-state index contributed by atoms with van der Waals surface area (Å²) in [5.74, 6) is -2.66. The Morgan fingerprint density at radius 3 is 2.31 bits per heavy atom. The fourth-order valence-electron chi connectivity index (χ4n) is 4.00. The van der Waals surface area contributed by atoms with Crippen LogP contribution in [0.1, 0.15) is 11.1 Å². The molecule has 11 heteroatoms. The Kier molecular flexibility index (Phi) is 4.88. The molecule has 4 rings (SSSR count). The van der Waals surface area contributed by atoms with E-state index in [2.05, 4.69) is 5.10 Å². The molecule has 7 nitrogen and oxygen atoms in total. The minimum atomic E-state index is -5.16. The van der Waals surface area contributed by atoms with Gasteiger partial charge in [0.15, 0.2) is 0 Å². The molecular formula is C21H16F4N2O5. The number of carboxylic acid groups (broad SMARTS) is 1. The van der Waals surface area contributed by atoms with E-state index in [-0.39, 0.29) is 22.3 Å². The lowest BCUT2D eigenvalue weighted by molar-refractivity contribution is -0.246. The highest BCUT2D eigenvalue weighted by Gasteiger charge is 2.61. The first-order valence-electron chi connectivity index (χ1n) is 9.25. The van der Waals surface area contributed by atoms with Crippen molar-refractivity contribution in [1.29, 1.82) is 0 Å². The molecule has 1 heterocycles.